The van der Waals surface area contributed by atoms with E-state index in [0.717, 1.165) is 64.5 Å². The van der Waals surface area contributed by atoms with Crippen molar-refractivity contribution >= 4 is 40.8 Å². The molecule has 0 amide bonds. The molecule has 6 nitrogen and oxygen atoms in total. The van der Waals surface area contributed by atoms with E-state index in [1.165, 1.54) is 22.0 Å². The van der Waals surface area contributed by atoms with Crippen LogP contribution in [0.3, 0.4) is 0 Å². The zero-order valence-corrected chi connectivity index (χ0v) is 20.0. The summed E-state index contributed by atoms with van der Waals surface area (Å²) in [5.74, 6) is 0.873. The molecule has 1 fully saturated rings. The molecule has 1 aromatic carbocycles. The molecule has 0 bridgehead atoms. The van der Waals surface area contributed by atoms with Gasteiger partial charge in [0.2, 0.25) is 0 Å². The summed E-state index contributed by atoms with van der Waals surface area (Å²) in [6, 6.07) is 6.56. The van der Waals surface area contributed by atoms with Crippen LogP contribution in [0.25, 0.3) is 10.9 Å². The number of halogens is 1. The normalized spacial score (nSPS) is 16.8. The maximum absolute atomic E-state index is 5.70. The van der Waals surface area contributed by atoms with Gasteiger partial charge in [-0.3, -0.25) is 4.99 Å². The van der Waals surface area contributed by atoms with Gasteiger partial charge in [0.05, 0.1) is 12.7 Å². The van der Waals surface area contributed by atoms with Gasteiger partial charge in [-0.2, -0.15) is 0 Å². The number of nitrogens with one attached hydrogen (secondary N) is 3. The zero-order valence-electron chi connectivity index (χ0n) is 17.6. The van der Waals surface area contributed by atoms with Gasteiger partial charge >= 0.3 is 0 Å². The molecule has 0 aliphatic carbocycles. The Labute approximate surface area is 191 Å². The van der Waals surface area contributed by atoms with Crippen LogP contribution in [0.15, 0.2) is 29.4 Å². The Morgan fingerprint density at radius 3 is 3.03 bits per heavy atom. The first-order valence-electron chi connectivity index (χ1n) is 10.5. The molecule has 0 radical (unpaired) electrons. The monoisotopic (exact) mass is 514 g/mol. The van der Waals surface area contributed by atoms with Crippen molar-refractivity contribution in [3.63, 3.8) is 0 Å². The summed E-state index contributed by atoms with van der Waals surface area (Å²) < 4.78 is 11.3. The van der Waals surface area contributed by atoms with Crippen molar-refractivity contribution in [3.05, 3.63) is 35.5 Å². The molecule has 1 atom stereocenters. The van der Waals surface area contributed by atoms with Crippen LogP contribution in [0.4, 0.5) is 0 Å². The minimum Gasteiger partial charge on any atom is -0.379 e. The predicted molar refractivity (Wildman–Crippen MR) is 131 cm³/mol. The lowest BCUT2D eigenvalue weighted by Crippen LogP contribution is -2.38. The lowest BCUT2D eigenvalue weighted by molar-refractivity contribution is 0.0171. The third kappa shape index (κ3) is 7.79. The fourth-order valence-corrected chi connectivity index (χ4v) is 3.51. The van der Waals surface area contributed by atoms with Crippen LogP contribution in [0.1, 0.15) is 37.3 Å². The number of benzene rings is 1. The number of fused-ring (bicyclic) bond motifs is 1. The molecule has 1 aliphatic rings. The maximum Gasteiger partial charge on any atom is 0.191 e. The van der Waals surface area contributed by atoms with E-state index in [1.807, 2.05) is 0 Å². The molecule has 1 unspecified atom stereocenters. The molecule has 7 heteroatoms. The largest absolute Gasteiger partial charge is 0.379 e. The Hall–Kier alpha value is -1.32. The number of aryl methyl sites for hydroxylation is 1. The number of aromatic amines is 1. The van der Waals surface area contributed by atoms with Crippen LogP contribution in [0.2, 0.25) is 0 Å². The van der Waals surface area contributed by atoms with Crippen molar-refractivity contribution in [1.82, 2.24) is 15.6 Å². The van der Waals surface area contributed by atoms with Crippen molar-refractivity contribution in [2.45, 2.75) is 45.6 Å². The quantitative estimate of drug-likeness (QED) is 0.195. The van der Waals surface area contributed by atoms with E-state index >= 15 is 0 Å². The first kappa shape index (κ1) is 24.0. The molecule has 1 aromatic heterocycles. The SMILES string of the molecule is CCNC(=NCCCOCC1CCCO1)NCCc1c[nH]c2cc(C)ccc12.I. The third-order valence-corrected chi connectivity index (χ3v) is 5.00. The van der Waals surface area contributed by atoms with Crippen LogP contribution in [-0.2, 0) is 15.9 Å². The van der Waals surface area contributed by atoms with Crippen LogP contribution in [0, 0.1) is 6.92 Å². The van der Waals surface area contributed by atoms with Crippen molar-refractivity contribution in [1.29, 1.82) is 0 Å². The number of aliphatic imine (C=N–C) groups is 1. The van der Waals surface area contributed by atoms with E-state index in [4.69, 9.17) is 9.47 Å². The molecule has 3 rings (SSSR count). The fourth-order valence-electron chi connectivity index (χ4n) is 3.51. The Bertz CT molecular complexity index is 756. The molecule has 2 heterocycles. The van der Waals surface area contributed by atoms with Crippen molar-refractivity contribution < 1.29 is 9.47 Å². The highest BCUT2D eigenvalue weighted by Gasteiger charge is 2.14. The molecule has 0 saturated carbocycles. The standard InChI is InChI=1S/C22H34N4O2.HI/c1-3-23-22(24-10-5-12-27-16-19-6-4-13-28-19)25-11-9-18-15-26-21-14-17(2)7-8-20(18)21;/h7-8,14-15,19,26H,3-6,9-13,16H2,1-2H3,(H2,23,24,25);1H. The number of H-pyrrole nitrogens is 1. The molecule has 0 spiro atoms. The number of nitrogens with zero attached hydrogens (tertiary/aromatic N) is 1. The molecule has 3 N–H and O–H groups in total. The first-order valence-corrected chi connectivity index (χ1v) is 10.5. The Morgan fingerprint density at radius 1 is 1.34 bits per heavy atom. The summed E-state index contributed by atoms with van der Waals surface area (Å²) in [5.41, 5.74) is 3.82. The average molecular weight is 514 g/mol. The van der Waals surface area contributed by atoms with Gasteiger partial charge in [-0.05, 0) is 56.7 Å². The molecule has 2 aromatic rings. The van der Waals surface area contributed by atoms with Crippen molar-refractivity contribution in [2.75, 3.05) is 39.5 Å². The molecular weight excluding hydrogens is 479 g/mol. The number of ether oxygens (including phenoxy) is 2. The summed E-state index contributed by atoms with van der Waals surface area (Å²) in [5, 5.41) is 8.05. The minimum atomic E-state index is 0. The van der Waals surface area contributed by atoms with Gasteiger partial charge in [0.15, 0.2) is 5.96 Å². The van der Waals surface area contributed by atoms with Crippen LogP contribution in [0.5, 0.6) is 0 Å². The van der Waals surface area contributed by atoms with Crippen LogP contribution >= 0.6 is 24.0 Å². The Morgan fingerprint density at radius 2 is 2.24 bits per heavy atom. The number of hydrogen-bond acceptors (Lipinski definition) is 3. The van der Waals surface area contributed by atoms with E-state index in [0.29, 0.717) is 12.7 Å². The number of hydrogen-bond donors (Lipinski definition) is 3. The Balaban J connectivity index is 0.00000300. The minimum absolute atomic E-state index is 0. The van der Waals surface area contributed by atoms with Crippen LogP contribution in [-0.4, -0.2) is 56.5 Å². The molecule has 1 saturated heterocycles. The van der Waals surface area contributed by atoms with Gasteiger partial charge in [0.25, 0.3) is 0 Å². The van der Waals surface area contributed by atoms with E-state index in [-0.39, 0.29) is 24.0 Å². The summed E-state index contributed by atoms with van der Waals surface area (Å²) >= 11 is 0. The summed E-state index contributed by atoms with van der Waals surface area (Å²) in [7, 11) is 0. The summed E-state index contributed by atoms with van der Waals surface area (Å²) in [4.78, 5) is 8.02. The zero-order chi connectivity index (χ0) is 19.6. The number of rotatable bonds is 10. The van der Waals surface area contributed by atoms with Gasteiger partial charge in [0.1, 0.15) is 0 Å². The molecular formula is C22H35IN4O2. The van der Waals surface area contributed by atoms with Crippen molar-refractivity contribution in [3.8, 4) is 0 Å². The highest BCUT2D eigenvalue weighted by Crippen LogP contribution is 2.19. The Kier molecular flexibility index (Phi) is 10.8. The predicted octanol–water partition coefficient (Wildman–Crippen LogP) is 3.78. The molecule has 1 aliphatic heterocycles. The second-order valence-corrected chi connectivity index (χ2v) is 7.36. The lowest BCUT2D eigenvalue weighted by Gasteiger charge is -2.12. The number of aromatic nitrogens is 1. The summed E-state index contributed by atoms with van der Waals surface area (Å²) in [6.45, 7) is 9.00. The lowest BCUT2D eigenvalue weighted by atomic mass is 10.1. The summed E-state index contributed by atoms with van der Waals surface area (Å²) in [6.07, 6.45) is 6.58. The smallest absolute Gasteiger partial charge is 0.191 e. The van der Waals surface area contributed by atoms with Gasteiger partial charge < -0.3 is 25.1 Å². The van der Waals surface area contributed by atoms with E-state index in [9.17, 15) is 0 Å². The molecule has 162 valence electrons. The van der Waals surface area contributed by atoms with Crippen LogP contribution < -0.4 is 10.6 Å². The fraction of sp³-hybridized carbons (Fsp3) is 0.591. The second kappa shape index (κ2) is 13.1. The second-order valence-electron chi connectivity index (χ2n) is 7.36. The van der Waals surface area contributed by atoms with E-state index < -0.39 is 0 Å². The van der Waals surface area contributed by atoms with E-state index in [2.05, 4.69) is 58.9 Å². The van der Waals surface area contributed by atoms with Gasteiger partial charge in [-0.15, -0.1) is 24.0 Å². The van der Waals surface area contributed by atoms with E-state index in [1.54, 1.807) is 0 Å². The maximum atomic E-state index is 5.70. The highest BCUT2D eigenvalue weighted by molar-refractivity contribution is 14.0. The topological polar surface area (TPSA) is 70.7 Å². The average Bonchev–Trinajstić information content (AvgIpc) is 3.34. The van der Waals surface area contributed by atoms with Gasteiger partial charge in [0, 0.05) is 49.9 Å². The van der Waals surface area contributed by atoms with Gasteiger partial charge in [-0.25, -0.2) is 0 Å². The number of guanidine groups is 1. The molecule has 29 heavy (non-hydrogen) atoms. The highest BCUT2D eigenvalue weighted by atomic mass is 127. The van der Waals surface area contributed by atoms with Crippen molar-refractivity contribution in [2.24, 2.45) is 4.99 Å². The van der Waals surface area contributed by atoms with Gasteiger partial charge in [-0.1, -0.05) is 12.1 Å². The first-order chi connectivity index (χ1) is 13.8. The third-order valence-electron chi connectivity index (χ3n) is 5.00.